The number of hydrogen-bond donors (Lipinski definition) is 3. The van der Waals surface area contributed by atoms with Crippen LogP contribution in [0.2, 0.25) is 0 Å². The van der Waals surface area contributed by atoms with Gasteiger partial charge in [0.2, 0.25) is 0 Å². The normalized spacial score (nSPS) is 8.93. The quantitative estimate of drug-likeness (QED) is 0.164. The molecule has 0 amide bonds. The Bertz CT molecular complexity index is 1270. The second-order valence-corrected chi connectivity index (χ2v) is 10.0. The molecule has 0 aliphatic carbocycles. The standard InChI is InChI=1S/3C6H7NO3S.Gd.8H2O/c3*7-5-3-1-2-4-6(5)11(8,9)10;;;;;;;;;/h3*1-4H,7H2,(H,8,9,10);;8*1H2/q;;;+3;;;;;;;;/p-3. The first kappa shape index (κ1) is 63.2. The fourth-order valence-corrected chi connectivity index (χ4v) is 3.93. The molecule has 0 saturated carbocycles. The number of anilines is 3. The minimum absolute atomic E-state index is 0. The molecule has 0 aromatic heterocycles. The van der Waals surface area contributed by atoms with Crippen LogP contribution < -0.4 is 17.2 Å². The molecule has 0 heterocycles. The van der Waals surface area contributed by atoms with Crippen LogP contribution in [0.1, 0.15) is 0 Å². The smallest absolute Gasteiger partial charge is 0.744 e. The van der Waals surface area contributed by atoms with Crippen LogP contribution in [0.15, 0.2) is 87.5 Å². The Morgan fingerprint density at radius 3 is 0.619 bits per heavy atom. The second kappa shape index (κ2) is 26.4. The van der Waals surface area contributed by atoms with Gasteiger partial charge in [0, 0.05) is 17.1 Å². The first-order chi connectivity index (χ1) is 15.0. The van der Waals surface area contributed by atoms with Crippen molar-refractivity contribution in [2.45, 2.75) is 14.7 Å². The van der Waals surface area contributed by atoms with Crippen molar-refractivity contribution < 1.29 is 123 Å². The molecule has 0 spiro atoms. The maximum atomic E-state index is 10.4. The molecular formula is C18H34GdN3O17S3. The topological polar surface area (TPSA) is 502 Å². The van der Waals surface area contributed by atoms with Gasteiger partial charge in [-0.05, 0) is 36.4 Å². The van der Waals surface area contributed by atoms with Gasteiger partial charge in [0.05, 0.1) is 14.7 Å². The van der Waals surface area contributed by atoms with Crippen molar-refractivity contribution >= 4 is 47.4 Å². The van der Waals surface area contributed by atoms with Crippen LogP contribution in [0.3, 0.4) is 0 Å². The number of hydrogen-bond acceptors (Lipinski definition) is 12. The van der Waals surface area contributed by atoms with Gasteiger partial charge in [0.25, 0.3) is 0 Å². The second-order valence-electron chi connectivity index (χ2n) is 5.98. The van der Waals surface area contributed by atoms with Crippen LogP contribution in [-0.4, -0.2) is 82.7 Å². The molecule has 0 unspecified atom stereocenters. The largest absolute Gasteiger partial charge is 3.00 e. The molecule has 3 rings (SSSR count). The number of nitrogen functional groups attached to an aromatic ring is 3. The first-order valence-electron chi connectivity index (χ1n) is 8.46. The van der Waals surface area contributed by atoms with Crippen molar-refractivity contribution in [1.82, 2.24) is 0 Å². The SMILES string of the molecule is Nc1ccccc1S(=O)(=O)[O-].Nc1ccccc1S(=O)(=O)[O-].Nc1ccccc1S(=O)(=O)[O-].O.O.O.O.O.O.O.O.[Gd+3]. The van der Waals surface area contributed by atoms with Gasteiger partial charge in [-0.25, -0.2) is 25.3 Å². The van der Waals surface area contributed by atoms with E-state index in [9.17, 15) is 38.9 Å². The zero-order valence-electron chi connectivity index (χ0n) is 20.9. The van der Waals surface area contributed by atoms with E-state index in [2.05, 4.69) is 0 Å². The molecule has 1 radical (unpaired) electrons. The summed E-state index contributed by atoms with van der Waals surface area (Å²) in [6.07, 6.45) is 0. The Labute approximate surface area is 272 Å². The van der Waals surface area contributed by atoms with Gasteiger partial charge in [0.1, 0.15) is 30.4 Å². The maximum Gasteiger partial charge on any atom is 3.00 e. The zero-order valence-corrected chi connectivity index (χ0v) is 25.6. The van der Waals surface area contributed by atoms with Crippen molar-refractivity contribution in [3.05, 3.63) is 72.8 Å². The third-order valence-corrected chi connectivity index (χ3v) is 6.30. The summed E-state index contributed by atoms with van der Waals surface area (Å²) in [7, 11) is -13.2. The van der Waals surface area contributed by atoms with E-state index in [4.69, 9.17) is 17.2 Å². The Morgan fingerprint density at radius 1 is 0.381 bits per heavy atom. The molecule has 3 aromatic carbocycles. The van der Waals surface area contributed by atoms with E-state index in [0.29, 0.717) is 0 Å². The third-order valence-electron chi connectivity index (χ3n) is 3.57. The average Bonchev–Trinajstić information content (AvgIpc) is 2.67. The number of para-hydroxylation sites is 3. The van der Waals surface area contributed by atoms with Crippen LogP contribution >= 0.6 is 0 Å². The predicted molar refractivity (Wildman–Crippen MR) is 145 cm³/mol. The predicted octanol–water partition coefficient (Wildman–Crippen LogP) is -6.08. The van der Waals surface area contributed by atoms with Crippen molar-refractivity contribution in [3.8, 4) is 0 Å². The van der Waals surface area contributed by atoms with E-state index < -0.39 is 30.4 Å². The molecule has 0 bridgehead atoms. The van der Waals surface area contributed by atoms with Gasteiger partial charge in [-0.3, -0.25) is 0 Å². The Kier molecular flexibility index (Phi) is 39.7. The molecule has 0 fully saturated rings. The fourth-order valence-electron chi connectivity index (χ4n) is 2.12. The van der Waals surface area contributed by atoms with E-state index in [-0.39, 0.29) is 115 Å². The summed E-state index contributed by atoms with van der Waals surface area (Å²) in [5.41, 5.74) is 15.6. The molecule has 0 aliphatic rings. The van der Waals surface area contributed by atoms with E-state index in [1.54, 1.807) is 18.2 Å². The van der Waals surface area contributed by atoms with Crippen molar-refractivity contribution in [1.29, 1.82) is 0 Å². The Morgan fingerprint density at radius 2 is 0.524 bits per heavy atom. The van der Waals surface area contributed by atoms with Crippen LogP contribution in [-0.2, 0) is 30.4 Å². The summed E-state index contributed by atoms with van der Waals surface area (Å²) >= 11 is 0. The molecule has 22 N–H and O–H groups in total. The first-order valence-corrected chi connectivity index (χ1v) is 12.7. The van der Waals surface area contributed by atoms with Crippen molar-refractivity contribution in [3.63, 3.8) is 0 Å². The average molecular weight is 818 g/mol. The molecule has 20 nitrogen and oxygen atoms in total. The molecule has 0 atom stereocenters. The van der Waals surface area contributed by atoms with Crippen LogP contribution in [0, 0.1) is 39.9 Å². The van der Waals surface area contributed by atoms with Gasteiger partial charge in [-0.15, -0.1) is 0 Å². The molecule has 0 aliphatic heterocycles. The van der Waals surface area contributed by atoms with Crippen LogP contribution in [0.5, 0.6) is 0 Å². The van der Waals surface area contributed by atoms with E-state index in [0.717, 1.165) is 0 Å². The van der Waals surface area contributed by atoms with E-state index in [1.807, 2.05) is 0 Å². The molecule has 42 heavy (non-hydrogen) atoms. The minimum Gasteiger partial charge on any atom is -0.744 e. The minimum atomic E-state index is -4.41. The van der Waals surface area contributed by atoms with E-state index >= 15 is 0 Å². The van der Waals surface area contributed by atoms with Crippen LogP contribution in [0.25, 0.3) is 0 Å². The number of benzene rings is 3. The monoisotopic (exact) mass is 818 g/mol. The van der Waals surface area contributed by atoms with Gasteiger partial charge < -0.3 is 74.7 Å². The Hall–Kier alpha value is -2.21. The van der Waals surface area contributed by atoms with Gasteiger partial charge in [-0.2, -0.15) is 0 Å². The zero-order chi connectivity index (χ0) is 25.4. The molecular weight excluding hydrogens is 784 g/mol. The van der Waals surface area contributed by atoms with Gasteiger partial charge >= 0.3 is 39.9 Å². The maximum absolute atomic E-state index is 10.4. The van der Waals surface area contributed by atoms with Gasteiger partial charge in [-0.1, -0.05) is 36.4 Å². The fraction of sp³-hybridized carbons (Fsp3) is 0. The number of rotatable bonds is 3. The van der Waals surface area contributed by atoms with Crippen molar-refractivity contribution in [2.75, 3.05) is 17.2 Å². The summed E-state index contributed by atoms with van der Waals surface area (Å²) in [6.45, 7) is 0. The molecule has 24 heteroatoms. The van der Waals surface area contributed by atoms with Crippen LogP contribution in [0.4, 0.5) is 17.1 Å². The summed E-state index contributed by atoms with van der Waals surface area (Å²) in [5.74, 6) is 0. The summed E-state index contributed by atoms with van der Waals surface area (Å²) < 4.78 is 93.8. The molecule has 3 aromatic rings. The van der Waals surface area contributed by atoms with Crippen molar-refractivity contribution in [2.24, 2.45) is 0 Å². The molecule has 249 valence electrons. The summed E-state index contributed by atoms with van der Waals surface area (Å²) in [6, 6.07) is 16.6. The van der Waals surface area contributed by atoms with Gasteiger partial charge in [0.15, 0.2) is 0 Å². The third kappa shape index (κ3) is 21.5. The number of nitrogens with two attached hydrogens (primary N) is 3. The van der Waals surface area contributed by atoms with E-state index in [1.165, 1.54) is 54.6 Å². The molecule has 0 saturated heterocycles. The summed E-state index contributed by atoms with van der Waals surface area (Å²) in [5, 5.41) is 0. The summed E-state index contributed by atoms with van der Waals surface area (Å²) in [4.78, 5) is -1.08. The Balaban J connectivity index is -0.0000000502.